The first-order chi connectivity index (χ1) is 7.42. The van der Waals surface area contributed by atoms with Gasteiger partial charge in [-0.1, -0.05) is 5.16 Å². The highest BCUT2D eigenvalue weighted by Gasteiger charge is 2.16. The molecule has 0 aliphatic rings. The van der Waals surface area contributed by atoms with E-state index < -0.39 is 7.75 Å². The van der Waals surface area contributed by atoms with Crippen LogP contribution in [0.4, 0.5) is 5.13 Å². The molecule has 0 atom stereocenters. The molecular weight excluding hydrogens is 255 g/mol. The van der Waals surface area contributed by atoms with Gasteiger partial charge in [-0.3, -0.25) is 5.09 Å². The Morgan fingerprint density at radius 1 is 1.69 bits per heavy atom. The van der Waals surface area contributed by atoms with Crippen LogP contribution in [0.3, 0.4) is 0 Å². The fraction of sp³-hybridized carbons (Fsp3) is 0.500. The van der Waals surface area contributed by atoms with Gasteiger partial charge in [0.15, 0.2) is 5.82 Å². The first kappa shape index (κ1) is 13.0. The van der Waals surface area contributed by atoms with Gasteiger partial charge in [-0.25, -0.2) is 4.57 Å². The number of hydrogen-bond donors (Lipinski definition) is 3. The molecule has 0 spiro atoms. The minimum atomic E-state index is -4.34. The molecule has 8 nitrogen and oxygen atoms in total. The van der Waals surface area contributed by atoms with Crippen molar-refractivity contribution >= 4 is 30.1 Å². The van der Waals surface area contributed by atoms with Crippen molar-refractivity contribution in [3.63, 3.8) is 0 Å². The Balaban J connectivity index is 2.75. The largest absolute Gasteiger partial charge is 0.429 e. The molecule has 3 N–H and O–H groups in total. The maximum atomic E-state index is 10.6. The Bertz CT molecular complexity index is 428. The molecule has 1 aromatic heterocycles. The minimum absolute atomic E-state index is 0.0365. The summed E-state index contributed by atoms with van der Waals surface area (Å²) in [6, 6.07) is 0. The summed E-state index contributed by atoms with van der Waals surface area (Å²) in [6.07, 6.45) is 0. The van der Waals surface area contributed by atoms with Crippen LogP contribution >= 0.6 is 19.3 Å². The predicted octanol–water partition coefficient (Wildman–Crippen LogP) is 0.803. The molecule has 0 unspecified atom stereocenters. The summed E-state index contributed by atoms with van der Waals surface area (Å²) >= 11 is 0.837. The number of aromatic nitrogens is 2. The number of nitrogens with one attached hydrogen (secondary N) is 1. The van der Waals surface area contributed by atoms with E-state index in [0.29, 0.717) is 12.3 Å². The molecule has 0 saturated heterocycles. The average Bonchev–Trinajstić information content (AvgIpc) is 2.59. The summed E-state index contributed by atoms with van der Waals surface area (Å²) < 4.78 is 14.5. The van der Waals surface area contributed by atoms with Crippen molar-refractivity contribution in [3.05, 3.63) is 5.82 Å². The lowest BCUT2D eigenvalue weighted by molar-refractivity contribution is 0.158. The molecule has 0 aromatic carbocycles. The van der Waals surface area contributed by atoms with Gasteiger partial charge in [-0.05, 0) is 13.8 Å². The second-order valence-corrected chi connectivity index (χ2v) is 4.74. The highest BCUT2D eigenvalue weighted by atomic mass is 32.1. The maximum absolute atomic E-state index is 10.6. The zero-order chi connectivity index (χ0) is 12.2. The number of rotatable bonds is 5. The molecule has 1 rings (SSSR count). The molecule has 1 aromatic rings. The van der Waals surface area contributed by atoms with Crippen molar-refractivity contribution < 1.29 is 19.2 Å². The van der Waals surface area contributed by atoms with Crippen LogP contribution < -0.4 is 5.09 Å². The molecule has 0 saturated carbocycles. The molecule has 0 amide bonds. The van der Waals surface area contributed by atoms with E-state index in [-0.39, 0.29) is 11.0 Å². The molecule has 0 fully saturated rings. The number of anilines is 1. The van der Waals surface area contributed by atoms with Crippen molar-refractivity contribution in [2.75, 3.05) is 11.7 Å². The molecule has 0 bridgehead atoms. The lowest BCUT2D eigenvalue weighted by atomic mass is 10.4. The van der Waals surface area contributed by atoms with E-state index in [2.05, 4.69) is 14.5 Å². The van der Waals surface area contributed by atoms with Gasteiger partial charge >= 0.3 is 7.75 Å². The average molecular weight is 266 g/mol. The van der Waals surface area contributed by atoms with E-state index in [1.165, 1.54) is 0 Å². The molecule has 16 heavy (non-hydrogen) atoms. The lowest BCUT2D eigenvalue weighted by Crippen LogP contribution is -2.00. The standard InChI is InChI=1S/C6H11N4O4PS/c1-3-14-8-4(2)5-7-6(16-10-5)9-15(11,12)13/h3H2,1-2H3,(H3,7,9,10,11,12,13)/b8-4-. The highest BCUT2D eigenvalue weighted by molar-refractivity contribution is 7.54. The van der Waals surface area contributed by atoms with Crippen LogP contribution in [-0.4, -0.2) is 31.5 Å². The van der Waals surface area contributed by atoms with Crippen molar-refractivity contribution in [1.29, 1.82) is 0 Å². The normalized spacial score (nSPS) is 12.6. The minimum Gasteiger partial charge on any atom is -0.396 e. The van der Waals surface area contributed by atoms with Crippen molar-refractivity contribution in [2.45, 2.75) is 13.8 Å². The van der Waals surface area contributed by atoms with Gasteiger partial charge < -0.3 is 14.6 Å². The predicted molar refractivity (Wildman–Crippen MR) is 59.4 cm³/mol. The van der Waals surface area contributed by atoms with E-state index in [1.54, 1.807) is 13.8 Å². The Morgan fingerprint density at radius 3 is 2.94 bits per heavy atom. The van der Waals surface area contributed by atoms with E-state index in [9.17, 15) is 4.57 Å². The van der Waals surface area contributed by atoms with Crippen LogP contribution in [0.25, 0.3) is 0 Å². The van der Waals surface area contributed by atoms with Crippen LogP contribution in [-0.2, 0) is 9.40 Å². The van der Waals surface area contributed by atoms with Crippen molar-refractivity contribution in [2.24, 2.45) is 5.16 Å². The van der Waals surface area contributed by atoms with Crippen LogP contribution in [0.15, 0.2) is 5.16 Å². The second kappa shape index (κ2) is 5.35. The molecule has 1 heterocycles. The maximum Gasteiger partial charge on any atom is 0.429 e. The van der Waals surface area contributed by atoms with Crippen LogP contribution in [0.5, 0.6) is 0 Å². The van der Waals surface area contributed by atoms with Gasteiger partial charge in [0.25, 0.3) is 0 Å². The quantitative estimate of drug-likeness (QED) is 0.410. The van der Waals surface area contributed by atoms with Crippen LogP contribution in [0.1, 0.15) is 19.7 Å². The molecule has 0 radical (unpaired) electrons. The van der Waals surface area contributed by atoms with Gasteiger partial charge in [0.2, 0.25) is 5.13 Å². The third-order valence-corrected chi connectivity index (χ3v) is 2.61. The molecule has 0 aliphatic heterocycles. The Hall–Kier alpha value is -1.02. The molecule has 10 heteroatoms. The zero-order valence-electron chi connectivity index (χ0n) is 8.62. The third-order valence-electron chi connectivity index (χ3n) is 1.32. The molecule has 90 valence electrons. The summed E-state index contributed by atoms with van der Waals surface area (Å²) in [5.74, 6) is 0.273. The van der Waals surface area contributed by atoms with Crippen LogP contribution in [0.2, 0.25) is 0 Å². The van der Waals surface area contributed by atoms with Gasteiger partial charge in [-0.2, -0.15) is 9.36 Å². The van der Waals surface area contributed by atoms with Crippen molar-refractivity contribution in [3.8, 4) is 0 Å². The Labute approximate surface area is 95.7 Å². The SMILES string of the molecule is CCO/N=C(/C)c1nsc(NP(=O)(O)O)n1. The van der Waals surface area contributed by atoms with Crippen molar-refractivity contribution in [1.82, 2.24) is 9.36 Å². The van der Waals surface area contributed by atoms with Crippen LogP contribution in [0, 0.1) is 0 Å². The number of oxime groups is 1. The molecule has 0 aliphatic carbocycles. The highest BCUT2D eigenvalue weighted by Crippen LogP contribution is 2.35. The van der Waals surface area contributed by atoms with Gasteiger partial charge in [-0.15, -0.1) is 0 Å². The third kappa shape index (κ3) is 4.23. The summed E-state index contributed by atoms with van der Waals surface area (Å²) in [5.41, 5.74) is 0.442. The zero-order valence-corrected chi connectivity index (χ0v) is 10.3. The van der Waals surface area contributed by atoms with E-state index in [1.807, 2.05) is 5.09 Å². The summed E-state index contributed by atoms with van der Waals surface area (Å²) in [5, 5.41) is 5.66. The summed E-state index contributed by atoms with van der Waals surface area (Å²) in [7, 11) is -4.34. The molecular formula is C6H11N4O4PS. The fourth-order valence-corrected chi connectivity index (χ4v) is 2.04. The van der Waals surface area contributed by atoms with E-state index in [4.69, 9.17) is 14.6 Å². The smallest absolute Gasteiger partial charge is 0.396 e. The monoisotopic (exact) mass is 266 g/mol. The van der Waals surface area contributed by atoms with E-state index in [0.717, 1.165) is 11.5 Å². The van der Waals surface area contributed by atoms with Gasteiger partial charge in [0.1, 0.15) is 12.3 Å². The topological polar surface area (TPSA) is 117 Å². The number of nitrogens with zero attached hydrogens (tertiary/aromatic N) is 3. The fourth-order valence-electron chi connectivity index (χ4n) is 0.743. The van der Waals surface area contributed by atoms with Gasteiger partial charge in [0.05, 0.1) is 0 Å². The Morgan fingerprint density at radius 2 is 2.38 bits per heavy atom. The summed E-state index contributed by atoms with van der Waals surface area (Å²) in [6.45, 7) is 3.85. The Kier molecular flexibility index (Phi) is 4.36. The first-order valence-electron chi connectivity index (χ1n) is 4.27. The number of hydrogen-bond acceptors (Lipinski definition) is 6. The first-order valence-corrected chi connectivity index (χ1v) is 6.65. The van der Waals surface area contributed by atoms with E-state index >= 15 is 0 Å². The van der Waals surface area contributed by atoms with Gasteiger partial charge in [0, 0.05) is 11.5 Å². The summed E-state index contributed by atoms with van der Waals surface area (Å²) in [4.78, 5) is 25.9. The lowest BCUT2D eigenvalue weighted by Gasteiger charge is -2.01. The second-order valence-electron chi connectivity index (χ2n) is 2.67.